The number of aryl methyl sites for hydroxylation is 1. The predicted octanol–water partition coefficient (Wildman–Crippen LogP) is 3.96. The minimum absolute atomic E-state index is 0.269. The third kappa shape index (κ3) is 3.78. The first-order chi connectivity index (χ1) is 11.1. The average molecular weight is 327 g/mol. The molecule has 0 radical (unpaired) electrons. The van der Waals surface area contributed by atoms with Gasteiger partial charge in [0.25, 0.3) is 5.91 Å². The third-order valence-corrected chi connectivity index (χ3v) is 4.29. The van der Waals surface area contributed by atoms with Crippen molar-refractivity contribution in [1.29, 1.82) is 0 Å². The Kier molecular flexibility index (Phi) is 4.43. The van der Waals surface area contributed by atoms with Crippen molar-refractivity contribution in [2.45, 2.75) is 10.1 Å². The second-order valence-corrected chi connectivity index (χ2v) is 5.95. The number of benzene rings is 2. The second-order valence-electron chi connectivity index (χ2n) is 4.91. The fourth-order valence-corrected chi connectivity index (χ4v) is 2.77. The predicted molar refractivity (Wildman–Crippen MR) is 88.1 cm³/mol. The lowest BCUT2D eigenvalue weighted by Crippen LogP contribution is -2.11. The number of hydrogen-bond donors (Lipinski definition) is 1. The maximum Gasteiger partial charge on any atom is 0.255 e. The van der Waals surface area contributed by atoms with Crippen LogP contribution in [0.4, 0.5) is 10.1 Å². The molecule has 1 amide bonds. The van der Waals surface area contributed by atoms with Crippen molar-refractivity contribution >= 4 is 23.4 Å². The Hall–Kier alpha value is -2.60. The van der Waals surface area contributed by atoms with Gasteiger partial charge in [-0.05, 0) is 48.5 Å². The molecule has 0 atom stereocenters. The zero-order chi connectivity index (χ0) is 16.2. The van der Waals surface area contributed by atoms with Crippen LogP contribution in [0.3, 0.4) is 0 Å². The molecule has 3 rings (SSSR count). The van der Waals surface area contributed by atoms with Gasteiger partial charge in [-0.25, -0.2) is 9.37 Å². The maximum absolute atomic E-state index is 12.9. The van der Waals surface area contributed by atoms with Gasteiger partial charge < -0.3 is 9.88 Å². The van der Waals surface area contributed by atoms with E-state index in [4.69, 9.17) is 0 Å². The van der Waals surface area contributed by atoms with Gasteiger partial charge in [-0.15, -0.1) is 0 Å². The molecule has 0 aliphatic heterocycles. The molecule has 1 aromatic heterocycles. The number of halogens is 1. The highest BCUT2D eigenvalue weighted by Crippen LogP contribution is 2.26. The van der Waals surface area contributed by atoms with E-state index in [-0.39, 0.29) is 11.7 Å². The molecule has 116 valence electrons. The molecule has 1 heterocycles. The van der Waals surface area contributed by atoms with E-state index in [0.717, 1.165) is 10.1 Å². The fraction of sp³-hybridized carbons (Fsp3) is 0.0588. The van der Waals surface area contributed by atoms with Crippen LogP contribution in [0, 0.1) is 5.82 Å². The summed E-state index contributed by atoms with van der Waals surface area (Å²) in [6.45, 7) is 0. The molecule has 1 N–H and O–H groups in total. The van der Waals surface area contributed by atoms with Crippen LogP contribution < -0.4 is 5.32 Å². The monoisotopic (exact) mass is 327 g/mol. The van der Waals surface area contributed by atoms with Crippen molar-refractivity contribution in [3.8, 4) is 0 Å². The largest absolute Gasteiger partial charge is 0.329 e. The first-order valence-electron chi connectivity index (χ1n) is 6.94. The Morgan fingerprint density at radius 3 is 2.43 bits per heavy atom. The van der Waals surface area contributed by atoms with Crippen LogP contribution in [0.2, 0.25) is 0 Å². The molecule has 0 spiro atoms. The van der Waals surface area contributed by atoms with E-state index >= 15 is 0 Å². The Morgan fingerprint density at radius 2 is 1.83 bits per heavy atom. The Bertz CT molecular complexity index is 813. The standard InChI is InChI=1S/C17H14FN3OS/c1-21-11-10-19-17(21)23-15-8-6-14(7-9-15)20-16(22)12-2-4-13(18)5-3-12/h2-11H,1H3,(H,20,22). The number of aromatic nitrogens is 2. The van der Waals surface area contributed by atoms with Crippen molar-refractivity contribution in [3.63, 3.8) is 0 Å². The van der Waals surface area contributed by atoms with Crippen LogP contribution in [0.15, 0.2) is 71.0 Å². The van der Waals surface area contributed by atoms with E-state index in [1.807, 2.05) is 42.1 Å². The Balaban J connectivity index is 1.66. The van der Waals surface area contributed by atoms with Crippen molar-refractivity contribution in [2.24, 2.45) is 7.05 Å². The van der Waals surface area contributed by atoms with Gasteiger partial charge in [0.05, 0.1) is 0 Å². The molecule has 23 heavy (non-hydrogen) atoms. The smallest absolute Gasteiger partial charge is 0.255 e. The van der Waals surface area contributed by atoms with Crippen molar-refractivity contribution in [1.82, 2.24) is 9.55 Å². The molecule has 0 aliphatic rings. The number of nitrogens with zero attached hydrogens (tertiary/aromatic N) is 2. The van der Waals surface area contributed by atoms with Gasteiger partial charge in [0.2, 0.25) is 0 Å². The number of anilines is 1. The van der Waals surface area contributed by atoms with Gasteiger partial charge in [-0.1, -0.05) is 11.8 Å². The van der Waals surface area contributed by atoms with Crippen LogP contribution in [0.1, 0.15) is 10.4 Å². The first kappa shape index (κ1) is 15.3. The fourth-order valence-electron chi connectivity index (χ4n) is 1.97. The molecule has 0 unspecified atom stereocenters. The average Bonchev–Trinajstić information content (AvgIpc) is 2.95. The van der Waals surface area contributed by atoms with E-state index in [0.29, 0.717) is 11.3 Å². The summed E-state index contributed by atoms with van der Waals surface area (Å²) < 4.78 is 14.8. The van der Waals surface area contributed by atoms with Crippen LogP contribution >= 0.6 is 11.8 Å². The van der Waals surface area contributed by atoms with Gasteiger partial charge in [0.1, 0.15) is 5.82 Å². The molecule has 0 fully saturated rings. The number of carbonyl (C=O) groups excluding carboxylic acids is 1. The number of amides is 1. The lowest BCUT2D eigenvalue weighted by molar-refractivity contribution is 0.102. The van der Waals surface area contributed by atoms with E-state index in [1.54, 1.807) is 18.0 Å². The van der Waals surface area contributed by atoms with Gasteiger partial charge in [-0.2, -0.15) is 0 Å². The quantitative estimate of drug-likeness (QED) is 0.789. The highest BCUT2D eigenvalue weighted by atomic mass is 32.2. The van der Waals surface area contributed by atoms with Gasteiger partial charge in [-0.3, -0.25) is 4.79 Å². The SMILES string of the molecule is Cn1ccnc1Sc1ccc(NC(=O)c2ccc(F)cc2)cc1. The molecular formula is C17H14FN3OS. The van der Waals surface area contributed by atoms with Crippen LogP contribution in [0.25, 0.3) is 0 Å². The van der Waals surface area contributed by atoms with Crippen LogP contribution in [0.5, 0.6) is 0 Å². The van der Waals surface area contributed by atoms with Crippen LogP contribution in [-0.2, 0) is 7.05 Å². The number of imidazole rings is 1. The maximum atomic E-state index is 12.9. The molecule has 0 aliphatic carbocycles. The van der Waals surface area contributed by atoms with Crippen LogP contribution in [-0.4, -0.2) is 15.5 Å². The van der Waals surface area contributed by atoms with E-state index < -0.39 is 0 Å². The summed E-state index contributed by atoms with van der Waals surface area (Å²) in [7, 11) is 1.94. The van der Waals surface area contributed by atoms with Gasteiger partial charge in [0, 0.05) is 35.6 Å². The molecular weight excluding hydrogens is 313 g/mol. The number of rotatable bonds is 4. The third-order valence-electron chi connectivity index (χ3n) is 3.20. The van der Waals surface area contributed by atoms with Crippen molar-refractivity contribution < 1.29 is 9.18 Å². The Labute approximate surface area is 137 Å². The van der Waals surface area contributed by atoms with Gasteiger partial charge in [0.15, 0.2) is 5.16 Å². The van der Waals surface area contributed by atoms with E-state index in [2.05, 4.69) is 10.3 Å². The zero-order valence-electron chi connectivity index (χ0n) is 12.4. The Morgan fingerprint density at radius 1 is 1.13 bits per heavy atom. The normalized spacial score (nSPS) is 10.5. The highest BCUT2D eigenvalue weighted by molar-refractivity contribution is 7.99. The van der Waals surface area contributed by atoms with E-state index in [1.165, 1.54) is 24.3 Å². The minimum atomic E-state index is -0.364. The summed E-state index contributed by atoms with van der Waals surface area (Å²) in [6, 6.07) is 12.9. The summed E-state index contributed by atoms with van der Waals surface area (Å²) in [5, 5.41) is 3.68. The van der Waals surface area contributed by atoms with E-state index in [9.17, 15) is 9.18 Å². The molecule has 4 nitrogen and oxygen atoms in total. The number of carbonyl (C=O) groups is 1. The topological polar surface area (TPSA) is 46.9 Å². The first-order valence-corrected chi connectivity index (χ1v) is 7.75. The number of hydrogen-bond acceptors (Lipinski definition) is 3. The lowest BCUT2D eigenvalue weighted by atomic mass is 10.2. The van der Waals surface area contributed by atoms with Crippen molar-refractivity contribution in [2.75, 3.05) is 5.32 Å². The lowest BCUT2D eigenvalue weighted by Gasteiger charge is -2.07. The minimum Gasteiger partial charge on any atom is -0.329 e. The molecule has 0 saturated carbocycles. The molecule has 0 saturated heterocycles. The summed E-state index contributed by atoms with van der Waals surface area (Å²) in [5.74, 6) is -0.633. The summed E-state index contributed by atoms with van der Waals surface area (Å²) in [5.41, 5.74) is 1.10. The molecule has 6 heteroatoms. The molecule has 3 aromatic rings. The zero-order valence-corrected chi connectivity index (χ0v) is 13.2. The molecule has 0 bridgehead atoms. The van der Waals surface area contributed by atoms with Gasteiger partial charge >= 0.3 is 0 Å². The summed E-state index contributed by atoms with van der Waals surface area (Å²) in [4.78, 5) is 17.3. The van der Waals surface area contributed by atoms with Crippen molar-refractivity contribution in [3.05, 3.63) is 72.3 Å². The molecule has 2 aromatic carbocycles. The summed E-state index contributed by atoms with van der Waals surface area (Å²) >= 11 is 1.54. The summed E-state index contributed by atoms with van der Waals surface area (Å²) in [6.07, 6.45) is 3.64. The number of nitrogens with one attached hydrogen (secondary N) is 1. The second kappa shape index (κ2) is 6.66. The highest BCUT2D eigenvalue weighted by Gasteiger charge is 2.07.